The van der Waals surface area contributed by atoms with Crippen molar-refractivity contribution in [3.05, 3.63) is 59.4 Å². The van der Waals surface area contributed by atoms with Gasteiger partial charge in [0.05, 0.1) is 5.69 Å². The van der Waals surface area contributed by atoms with Crippen LogP contribution < -0.4 is 10.6 Å². The molecule has 25 heavy (non-hydrogen) atoms. The number of aromatic nitrogens is 1. The fourth-order valence-electron chi connectivity index (χ4n) is 2.03. The number of carbonyl (C=O) groups is 2. The summed E-state index contributed by atoms with van der Waals surface area (Å²) < 4.78 is 26.5. The molecule has 1 aromatic heterocycles. The van der Waals surface area contributed by atoms with Gasteiger partial charge in [0.25, 0.3) is 11.8 Å². The van der Waals surface area contributed by atoms with E-state index in [4.69, 9.17) is 0 Å². The van der Waals surface area contributed by atoms with Crippen molar-refractivity contribution in [3.8, 4) is 0 Å². The molecule has 0 saturated heterocycles. The molecular weight excluding hydrogens is 328 g/mol. The Bertz CT molecular complexity index is 779. The molecular formula is C18H19F2N3O2. The maximum atomic E-state index is 13.6. The van der Waals surface area contributed by atoms with Crippen LogP contribution in [0.2, 0.25) is 0 Å². The van der Waals surface area contributed by atoms with Gasteiger partial charge in [0.2, 0.25) is 0 Å². The fraction of sp³-hybridized carbons (Fsp3) is 0.278. The number of hydrogen-bond donors (Lipinski definition) is 2. The summed E-state index contributed by atoms with van der Waals surface area (Å²) in [6, 6.07) is 7.22. The quantitative estimate of drug-likeness (QED) is 0.841. The summed E-state index contributed by atoms with van der Waals surface area (Å²) in [7, 11) is 0. The number of benzene rings is 1. The smallest absolute Gasteiger partial charge is 0.274 e. The second-order valence-electron chi connectivity index (χ2n) is 5.92. The van der Waals surface area contributed by atoms with E-state index in [0.29, 0.717) is 18.5 Å². The highest BCUT2D eigenvalue weighted by atomic mass is 19.1. The number of amides is 2. The molecule has 2 rings (SSSR count). The zero-order chi connectivity index (χ0) is 18.4. The number of carbonyl (C=O) groups excluding carboxylic acids is 2. The van der Waals surface area contributed by atoms with Gasteiger partial charge in [-0.15, -0.1) is 0 Å². The predicted octanol–water partition coefficient (Wildman–Crippen LogP) is 3.39. The monoisotopic (exact) mass is 347 g/mol. The Morgan fingerprint density at radius 1 is 1.08 bits per heavy atom. The molecule has 7 heteroatoms. The maximum absolute atomic E-state index is 13.6. The number of rotatable bonds is 6. The first-order valence-electron chi connectivity index (χ1n) is 7.88. The normalized spacial score (nSPS) is 10.6. The van der Waals surface area contributed by atoms with Gasteiger partial charge in [-0.3, -0.25) is 9.59 Å². The summed E-state index contributed by atoms with van der Waals surface area (Å²) in [6.45, 7) is 4.60. The van der Waals surface area contributed by atoms with Gasteiger partial charge in [-0.2, -0.15) is 0 Å². The molecule has 0 aliphatic rings. The lowest BCUT2D eigenvalue weighted by atomic mass is 10.1. The van der Waals surface area contributed by atoms with Crippen LogP contribution in [0.3, 0.4) is 0 Å². The number of halogens is 2. The predicted molar refractivity (Wildman–Crippen MR) is 90.3 cm³/mol. The third-order valence-corrected chi connectivity index (χ3v) is 3.40. The molecule has 1 heterocycles. The molecule has 0 radical (unpaired) electrons. The lowest BCUT2D eigenvalue weighted by Gasteiger charge is -2.09. The summed E-state index contributed by atoms with van der Waals surface area (Å²) in [5, 5.41) is 5.03. The van der Waals surface area contributed by atoms with E-state index in [1.165, 1.54) is 18.2 Å². The van der Waals surface area contributed by atoms with Crippen LogP contribution >= 0.6 is 0 Å². The van der Waals surface area contributed by atoms with Gasteiger partial charge >= 0.3 is 0 Å². The highest BCUT2D eigenvalue weighted by Crippen LogP contribution is 2.15. The summed E-state index contributed by atoms with van der Waals surface area (Å²) >= 11 is 0. The Labute approximate surface area is 144 Å². The van der Waals surface area contributed by atoms with Crippen LogP contribution in [0.25, 0.3) is 0 Å². The van der Waals surface area contributed by atoms with Crippen molar-refractivity contribution in [2.75, 3.05) is 11.9 Å². The van der Waals surface area contributed by atoms with Crippen molar-refractivity contribution in [2.24, 2.45) is 5.92 Å². The number of hydrogen-bond acceptors (Lipinski definition) is 3. The van der Waals surface area contributed by atoms with E-state index in [1.807, 2.05) is 13.8 Å². The van der Waals surface area contributed by atoms with E-state index in [0.717, 1.165) is 18.6 Å². The third kappa shape index (κ3) is 5.34. The minimum atomic E-state index is -0.893. The van der Waals surface area contributed by atoms with Gasteiger partial charge < -0.3 is 10.6 Å². The number of anilines is 1. The molecule has 0 aliphatic heterocycles. The first-order valence-corrected chi connectivity index (χ1v) is 7.88. The van der Waals surface area contributed by atoms with Crippen LogP contribution in [0.5, 0.6) is 0 Å². The summed E-state index contributed by atoms with van der Waals surface area (Å²) in [5.41, 5.74) is -0.115. The van der Waals surface area contributed by atoms with Gasteiger partial charge in [-0.05, 0) is 36.6 Å². The summed E-state index contributed by atoms with van der Waals surface area (Å²) in [6.07, 6.45) is 0.829. The Hall–Kier alpha value is -2.83. The van der Waals surface area contributed by atoms with Crippen LogP contribution in [-0.4, -0.2) is 23.3 Å². The molecule has 132 valence electrons. The van der Waals surface area contributed by atoms with Gasteiger partial charge in [0, 0.05) is 12.6 Å². The minimum Gasteiger partial charge on any atom is -0.351 e. The van der Waals surface area contributed by atoms with Crippen molar-refractivity contribution < 1.29 is 18.4 Å². The maximum Gasteiger partial charge on any atom is 0.274 e. The Kier molecular flexibility index (Phi) is 6.16. The summed E-state index contributed by atoms with van der Waals surface area (Å²) in [5.74, 6) is -2.26. The van der Waals surface area contributed by atoms with E-state index < -0.39 is 17.5 Å². The van der Waals surface area contributed by atoms with Crippen molar-refractivity contribution in [1.82, 2.24) is 10.3 Å². The molecule has 2 amide bonds. The van der Waals surface area contributed by atoms with Gasteiger partial charge in [-0.1, -0.05) is 19.9 Å². The van der Waals surface area contributed by atoms with E-state index in [9.17, 15) is 18.4 Å². The average Bonchev–Trinajstić information content (AvgIpc) is 2.57. The highest BCUT2D eigenvalue weighted by molar-refractivity contribution is 6.03. The topological polar surface area (TPSA) is 71.1 Å². The molecule has 0 fully saturated rings. The SMILES string of the molecule is CC(C)CCNC(=O)c1cccc(C(=O)Nc2ccc(F)cc2F)n1. The lowest BCUT2D eigenvalue weighted by Crippen LogP contribution is -2.27. The summed E-state index contributed by atoms with van der Waals surface area (Å²) in [4.78, 5) is 28.2. The van der Waals surface area contributed by atoms with Crippen LogP contribution in [0, 0.1) is 17.6 Å². The zero-order valence-electron chi connectivity index (χ0n) is 14.0. The molecule has 0 bridgehead atoms. The molecule has 2 aromatic rings. The van der Waals surface area contributed by atoms with Crippen LogP contribution in [0.4, 0.5) is 14.5 Å². The van der Waals surface area contributed by atoms with Crippen molar-refractivity contribution in [1.29, 1.82) is 0 Å². The van der Waals surface area contributed by atoms with E-state index >= 15 is 0 Å². The molecule has 5 nitrogen and oxygen atoms in total. The Morgan fingerprint density at radius 3 is 2.40 bits per heavy atom. The Morgan fingerprint density at radius 2 is 1.76 bits per heavy atom. The standard InChI is InChI=1S/C18H19F2N3O2/c1-11(2)8-9-21-17(24)15-4-3-5-16(22-15)18(25)23-14-7-6-12(19)10-13(14)20/h3-7,10-11H,8-9H2,1-2H3,(H,21,24)(H,23,25). The lowest BCUT2D eigenvalue weighted by molar-refractivity contribution is 0.0947. The second kappa shape index (κ2) is 8.32. The molecule has 0 saturated carbocycles. The number of nitrogens with zero attached hydrogens (tertiary/aromatic N) is 1. The van der Waals surface area contributed by atoms with Crippen molar-refractivity contribution in [2.45, 2.75) is 20.3 Å². The number of nitrogens with one attached hydrogen (secondary N) is 2. The third-order valence-electron chi connectivity index (χ3n) is 3.40. The van der Waals surface area contributed by atoms with Gasteiger partial charge in [0.1, 0.15) is 23.0 Å². The first-order chi connectivity index (χ1) is 11.9. The van der Waals surface area contributed by atoms with Crippen molar-refractivity contribution in [3.63, 3.8) is 0 Å². The molecule has 0 spiro atoms. The number of pyridine rings is 1. The van der Waals surface area contributed by atoms with E-state index in [2.05, 4.69) is 15.6 Å². The van der Waals surface area contributed by atoms with Gasteiger partial charge in [0.15, 0.2) is 0 Å². The first kappa shape index (κ1) is 18.5. The molecule has 0 aliphatic carbocycles. The molecule has 1 aromatic carbocycles. The van der Waals surface area contributed by atoms with Crippen LogP contribution in [0.1, 0.15) is 41.2 Å². The minimum absolute atomic E-state index is 0.0414. The van der Waals surface area contributed by atoms with Crippen molar-refractivity contribution >= 4 is 17.5 Å². The molecule has 2 N–H and O–H groups in total. The second-order valence-corrected chi connectivity index (χ2v) is 5.92. The zero-order valence-corrected chi connectivity index (χ0v) is 14.0. The van der Waals surface area contributed by atoms with Crippen LogP contribution in [0.15, 0.2) is 36.4 Å². The van der Waals surface area contributed by atoms with E-state index in [1.54, 1.807) is 0 Å². The average molecular weight is 347 g/mol. The molecule has 0 unspecified atom stereocenters. The highest BCUT2D eigenvalue weighted by Gasteiger charge is 2.14. The van der Waals surface area contributed by atoms with Gasteiger partial charge in [-0.25, -0.2) is 13.8 Å². The van der Waals surface area contributed by atoms with Crippen LogP contribution in [-0.2, 0) is 0 Å². The fourth-order valence-corrected chi connectivity index (χ4v) is 2.03. The van der Waals surface area contributed by atoms with E-state index in [-0.39, 0.29) is 23.0 Å². The molecule has 0 atom stereocenters. The Balaban J connectivity index is 2.06. The largest absolute Gasteiger partial charge is 0.351 e.